The number of nitrogens with zero attached hydrogens (tertiary/aromatic N) is 4. The van der Waals surface area contributed by atoms with Gasteiger partial charge in [0.25, 0.3) is 0 Å². The third kappa shape index (κ3) is 2.72. The second kappa shape index (κ2) is 5.32. The van der Waals surface area contributed by atoms with Crippen LogP contribution >= 0.6 is 0 Å². The zero-order chi connectivity index (χ0) is 16.9. The van der Waals surface area contributed by atoms with Gasteiger partial charge in [0.2, 0.25) is 0 Å². The molecule has 2 fully saturated rings. The molecule has 0 radical (unpaired) electrons. The predicted molar refractivity (Wildman–Crippen MR) is 90.7 cm³/mol. The first-order chi connectivity index (χ1) is 11.4. The van der Waals surface area contributed by atoms with Crippen LogP contribution in [0.1, 0.15) is 52.3 Å². The van der Waals surface area contributed by atoms with Crippen molar-refractivity contribution in [2.45, 2.75) is 57.7 Å². The summed E-state index contributed by atoms with van der Waals surface area (Å²) in [5.74, 6) is 1.30. The maximum Gasteiger partial charge on any atom is 0.514 e. The van der Waals surface area contributed by atoms with E-state index in [1.54, 1.807) is 12.4 Å². The van der Waals surface area contributed by atoms with Gasteiger partial charge in [0, 0.05) is 23.9 Å². The van der Waals surface area contributed by atoms with Crippen molar-refractivity contribution >= 4 is 12.7 Å². The Kier molecular flexibility index (Phi) is 3.47. The first-order valence-corrected chi connectivity index (χ1v) is 8.36. The number of rotatable bonds is 3. The molecule has 124 valence electrons. The average molecular weight is 324 g/mol. The van der Waals surface area contributed by atoms with Crippen LogP contribution in [0, 0.1) is 0 Å². The minimum Gasteiger partial charge on any atom is -0.398 e. The molecule has 0 bridgehead atoms. The molecule has 0 N–H and O–H groups in total. The molecule has 0 unspecified atom stereocenters. The Bertz CT molecular complexity index is 746. The summed E-state index contributed by atoms with van der Waals surface area (Å²) in [6.07, 6.45) is 7.32. The van der Waals surface area contributed by atoms with E-state index >= 15 is 0 Å². The molecule has 0 amide bonds. The third-order valence-electron chi connectivity index (χ3n) is 5.06. The fraction of sp³-hybridized carbons (Fsp3) is 0.529. The van der Waals surface area contributed by atoms with Crippen LogP contribution in [0.15, 0.2) is 24.8 Å². The maximum absolute atomic E-state index is 6.15. The van der Waals surface area contributed by atoms with E-state index in [1.807, 2.05) is 33.8 Å². The van der Waals surface area contributed by atoms with Crippen molar-refractivity contribution in [3.05, 3.63) is 30.6 Å². The van der Waals surface area contributed by atoms with Gasteiger partial charge < -0.3 is 9.31 Å². The summed E-state index contributed by atoms with van der Waals surface area (Å²) in [5, 5.41) is 0. The van der Waals surface area contributed by atoms with E-state index in [0.717, 1.165) is 35.5 Å². The Morgan fingerprint density at radius 2 is 1.62 bits per heavy atom. The molecule has 1 aliphatic heterocycles. The summed E-state index contributed by atoms with van der Waals surface area (Å²) in [6, 6.07) is 1.92. The molecule has 7 heteroatoms. The highest BCUT2D eigenvalue weighted by Crippen LogP contribution is 2.39. The lowest BCUT2D eigenvalue weighted by Gasteiger charge is -2.32. The quantitative estimate of drug-likeness (QED) is 0.806. The van der Waals surface area contributed by atoms with Crippen LogP contribution in [0.3, 0.4) is 0 Å². The molecule has 1 saturated carbocycles. The Balaban J connectivity index is 1.75. The van der Waals surface area contributed by atoms with E-state index in [1.165, 1.54) is 6.33 Å². The molecule has 4 rings (SSSR count). The summed E-state index contributed by atoms with van der Waals surface area (Å²) in [6.45, 7) is 8.17. The number of hydrogen-bond acceptors (Lipinski definition) is 6. The van der Waals surface area contributed by atoms with Crippen LogP contribution in [0.4, 0.5) is 0 Å². The van der Waals surface area contributed by atoms with Gasteiger partial charge in [0.1, 0.15) is 12.2 Å². The van der Waals surface area contributed by atoms with Gasteiger partial charge in [0.15, 0.2) is 0 Å². The van der Waals surface area contributed by atoms with Gasteiger partial charge in [-0.3, -0.25) is 0 Å². The van der Waals surface area contributed by atoms with Crippen molar-refractivity contribution in [3.63, 3.8) is 0 Å². The lowest BCUT2D eigenvalue weighted by atomic mass is 9.83. The van der Waals surface area contributed by atoms with E-state index in [-0.39, 0.29) is 0 Å². The van der Waals surface area contributed by atoms with Crippen molar-refractivity contribution in [1.29, 1.82) is 0 Å². The second-order valence-corrected chi connectivity index (χ2v) is 7.53. The Morgan fingerprint density at radius 3 is 2.21 bits per heavy atom. The monoisotopic (exact) mass is 324 g/mol. The number of hydrogen-bond donors (Lipinski definition) is 0. The molecule has 1 aliphatic carbocycles. The van der Waals surface area contributed by atoms with Crippen LogP contribution in [0.5, 0.6) is 0 Å². The van der Waals surface area contributed by atoms with Crippen LogP contribution in [-0.2, 0) is 9.31 Å². The molecule has 0 spiro atoms. The van der Waals surface area contributed by atoms with Gasteiger partial charge in [-0.25, -0.2) is 19.9 Å². The smallest absolute Gasteiger partial charge is 0.398 e. The van der Waals surface area contributed by atoms with Crippen LogP contribution in [0.2, 0.25) is 0 Å². The topological polar surface area (TPSA) is 70.0 Å². The first kappa shape index (κ1) is 15.7. The molecule has 3 heterocycles. The Morgan fingerprint density at radius 1 is 1.00 bits per heavy atom. The highest BCUT2D eigenvalue weighted by atomic mass is 16.7. The van der Waals surface area contributed by atoms with Gasteiger partial charge in [0.05, 0.1) is 22.5 Å². The van der Waals surface area contributed by atoms with Crippen molar-refractivity contribution in [1.82, 2.24) is 19.9 Å². The highest BCUT2D eigenvalue weighted by Gasteiger charge is 2.52. The van der Waals surface area contributed by atoms with Crippen LogP contribution < -0.4 is 5.59 Å². The highest BCUT2D eigenvalue weighted by molar-refractivity contribution is 6.61. The van der Waals surface area contributed by atoms with Gasteiger partial charge in [-0.1, -0.05) is 0 Å². The summed E-state index contributed by atoms with van der Waals surface area (Å²) in [4.78, 5) is 17.6. The van der Waals surface area contributed by atoms with Crippen molar-refractivity contribution < 1.29 is 9.31 Å². The zero-order valence-electron chi connectivity index (χ0n) is 14.5. The summed E-state index contributed by atoms with van der Waals surface area (Å²) >= 11 is 0. The summed E-state index contributed by atoms with van der Waals surface area (Å²) in [7, 11) is -0.487. The average Bonchev–Trinajstić information content (AvgIpc) is 3.36. The second-order valence-electron chi connectivity index (χ2n) is 7.53. The largest absolute Gasteiger partial charge is 0.514 e. The third-order valence-corrected chi connectivity index (χ3v) is 5.06. The molecule has 2 aromatic rings. The fourth-order valence-corrected chi connectivity index (χ4v) is 2.67. The minimum atomic E-state index is -0.487. The molecule has 0 atom stereocenters. The van der Waals surface area contributed by atoms with Gasteiger partial charge in [-0.15, -0.1) is 0 Å². The van der Waals surface area contributed by atoms with E-state index in [9.17, 15) is 0 Å². The fourth-order valence-electron chi connectivity index (χ4n) is 2.67. The van der Waals surface area contributed by atoms with Crippen molar-refractivity contribution in [2.75, 3.05) is 0 Å². The maximum atomic E-state index is 6.15. The summed E-state index contributed by atoms with van der Waals surface area (Å²) in [5.41, 5.74) is 1.68. The predicted octanol–water partition coefficient (Wildman–Crippen LogP) is 2.11. The molecular formula is C17H21BN4O2. The molecule has 6 nitrogen and oxygen atoms in total. The van der Waals surface area contributed by atoms with Crippen LogP contribution in [-0.4, -0.2) is 38.3 Å². The first-order valence-electron chi connectivity index (χ1n) is 8.36. The normalized spacial score (nSPS) is 21.9. The molecule has 24 heavy (non-hydrogen) atoms. The van der Waals surface area contributed by atoms with E-state index < -0.39 is 18.3 Å². The Hall–Kier alpha value is -1.86. The molecule has 1 saturated heterocycles. The van der Waals surface area contributed by atoms with E-state index in [0.29, 0.717) is 5.92 Å². The van der Waals surface area contributed by atoms with E-state index in [4.69, 9.17) is 19.3 Å². The molecule has 0 aromatic carbocycles. The van der Waals surface area contributed by atoms with Gasteiger partial charge in [-0.2, -0.15) is 0 Å². The number of aromatic nitrogens is 4. The lowest BCUT2D eigenvalue weighted by molar-refractivity contribution is 0.00578. The van der Waals surface area contributed by atoms with E-state index in [2.05, 4.69) is 9.97 Å². The van der Waals surface area contributed by atoms with Crippen molar-refractivity contribution in [2.24, 2.45) is 0 Å². The zero-order valence-corrected chi connectivity index (χ0v) is 14.5. The van der Waals surface area contributed by atoms with Crippen LogP contribution in [0.25, 0.3) is 11.3 Å². The Labute approximate surface area is 142 Å². The standard InChI is InChI=1S/C17H21BN4O2/c1-16(2)17(3,4)24-18(23-16)14-7-13(12-8-19-10-20-9-12)21-15(22-14)11-5-6-11/h7-11H,5-6H2,1-4H3. The van der Waals surface area contributed by atoms with Gasteiger partial charge in [-0.05, 0) is 46.6 Å². The molecule has 2 aromatic heterocycles. The van der Waals surface area contributed by atoms with Gasteiger partial charge >= 0.3 is 7.12 Å². The molecule has 2 aliphatic rings. The molecular weight excluding hydrogens is 303 g/mol. The SMILES string of the molecule is CC1(C)OB(c2cc(-c3cncnc3)nc(C3CC3)n2)OC1(C)C. The summed E-state index contributed by atoms with van der Waals surface area (Å²) < 4.78 is 12.3. The minimum absolute atomic E-state index is 0.390. The van der Waals surface area contributed by atoms with Crippen molar-refractivity contribution in [3.8, 4) is 11.3 Å². The lowest BCUT2D eigenvalue weighted by Crippen LogP contribution is -2.41.